The summed E-state index contributed by atoms with van der Waals surface area (Å²) in [6.45, 7) is 1.04. The van der Waals surface area contributed by atoms with Crippen molar-refractivity contribution in [3.05, 3.63) is 59.1 Å². The van der Waals surface area contributed by atoms with Crippen LogP contribution in [0.15, 0.2) is 64.1 Å². The first-order valence-electron chi connectivity index (χ1n) is 6.49. The van der Waals surface area contributed by atoms with Crippen molar-refractivity contribution in [1.82, 2.24) is 0 Å². The molecular weight excluding hydrogens is 300 g/mol. The maximum Gasteiger partial charge on any atom is 0.109 e. The van der Waals surface area contributed by atoms with Crippen LogP contribution < -0.4 is 4.90 Å². The highest BCUT2D eigenvalue weighted by molar-refractivity contribution is 9.10. The quantitative estimate of drug-likeness (QED) is 0.779. The minimum Gasteiger partial charge on any atom is -0.329 e. The molecule has 2 nitrogen and oxygen atoms in total. The fourth-order valence-electron chi connectivity index (χ4n) is 2.36. The van der Waals surface area contributed by atoms with Gasteiger partial charge in [-0.15, -0.1) is 0 Å². The van der Waals surface area contributed by atoms with E-state index in [1.54, 1.807) is 0 Å². The first-order valence-corrected chi connectivity index (χ1v) is 7.28. The molecule has 96 valence electrons. The smallest absolute Gasteiger partial charge is 0.109 e. The summed E-state index contributed by atoms with van der Waals surface area (Å²) in [6.07, 6.45) is 2.20. The fourth-order valence-corrected chi connectivity index (χ4v) is 2.86. The van der Waals surface area contributed by atoms with Crippen molar-refractivity contribution in [2.75, 3.05) is 11.4 Å². The number of amidine groups is 1. The summed E-state index contributed by atoms with van der Waals surface area (Å²) in [5.74, 6) is 1.15. The van der Waals surface area contributed by atoms with E-state index in [0.29, 0.717) is 0 Å². The van der Waals surface area contributed by atoms with Crippen molar-refractivity contribution in [2.24, 2.45) is 4.99 Å². The van der Waals surface area contributed by atoms with E-state index in [-0.39, 0.29) is 0 Å². The standard InChI is InChI=1S/C16H15BrN2/c17-14-9-4-5-10-15(14)19-12-6-11-16(19)18-13-7-2-1-3-8-13/h1-5,7-10H,6,11-12H2. The molecule has 0 amide bonds. The second-order valence-corrected chi connectivity index (χ2v) is 5.42. The first-order chi connectivity index (χ1) is 9.34. The first kappa shape index (κ1) is 12.4. The van der Waals surface area contributed by atoms with Crippen molar-refractivity contribution < 1.29 is 0 Å². The SMILES string of the molecule is Brc1ccccc1N1CCCC1=Nc1ccccc1. The van der Waals surface area contributed by atoms with Gasteiger partial charge in [-0.25, -0.2) is 4.99 Å². The molecule has 1 aliphatic heterocycles. The molecule has 0 aromatic heterocycles. The molecule has 3 heteroatoms. The Morgan fingerprint density at radius 3 is 2.47 bits per heavy atom. The van der Waals surface area contributed by atoms with E-state index in [1.165, 1.54) is 5.69 Å². The summed E-state index contributed by atoms with van der Waals surface area (Å²) < 4.78 is 1.12. The molecule has 0 saturated carbocycles. The van der Waals surface area contributed by atoms with Gasteiger partial charge < -0.3 is 4.90 Å². The maximum absolute atomic E-state index is 4.78. The van der Waals surface area contributed by atoms with Crippen LogP contribution >= 0.6 is 15.9 Å². The van der Waals surface area contributed by atoms with Crippen molar-refractivity contribution in [3.8, 4) is 0 Å². The van der Waals surface area contributed by atoms with Gasteiger partial charge in [0.25, 0.3) is 0 Å². The number of halogens is 1. The van der Waals surface area contributed by atoms with Crippen LogP contribution in [0.4, 0.5) is 11.4 Å². The van der Waals surface area contributed by atoms with E-state index in [2.05, 4.69) is 39.0 Å². The van der Waals surface area contributed by atoms with Crippen molar-refractivity contribution in [3.63, 3.8) is 0 Å². The summed E-state index contributed by atoms with van der Waals surface area (Å²) in [6, 6.07) is 18.5. The molecule has 0 spiro atoms. The van der Waals surface area contributed by atoms with Crippen LogP contribution in [-0.2, 0) is 0 Å². The molecule has 0 N–H and O–H groups in total. The normalized spacial score (nSPS) is 17.1. The molecule has 2 aromatic carbocycles. The number of benzene rings is 2. The van der Waals surface area contributed by atoms with Gasteiger partial charge in [0.2, 0.25) is 0 Å². The van der Waals surface area contributed by atoms with Crippen molar-refractivity contribution in [1.29, 1.82) is 0 Å². The summed E-state index contributed by atoms with van der Waals surface area (Å²) in [5, 5.41) is 0. The average Bonchev–Trinajstić information content (AvgIpc) is 2.88. The number of hydrogen-bond acceptors (Lipinski definition) is 1. The van der Waals surface area contributed by atoms with E-state index >= 15 is 0 Å². The van der Waals surface area contributed by atoms with E-state index < -0.39 is 0 Å². The van der Waals surface area contributed by atoms with Crippen molar-refractivity contribution >= 4 is 33.1 Å². The van der Waals surface area contributed by atoms with E-state index in [1.807, 2.05) is 36.4 Å². The van der Waals surface area contributed by atoms with Crippen LogP contribution in [0.2, 0.25) is 0 Å². The van der Waals surface area contributed by atoms with Gasteiger partial charge in [-0.1, -0.05) is 30.3 Å². The molecule has 1 fully saturated rings. The second-order valence-electron chi connectivity index (χ2n) is 4.57. The molecule has 2 aromatic rings. The van der Waals surface area contributed by atoms with E-state index in [4.69, 9.17) is 4.99 Å². The van der Waals surface area contributed by atoms with Gasteiger partial charge in [0.1, 0.15) is 5.84 Å². The molecule has 0 aliphatic carbocycles. The minimum absolute atomic E-state index is 1.02. The third-order valence-electron chi connectivity index (χ3n) is 3.25. The zero-order valence-electron chi connectivity index (χ0n) is 10.6. The largest absolute Gasteiger partial charge is 0.329 e. The molecule has 0 atom stereocenters. The lowest BCUT2D eigenvalue weighted by molar-refractivity contribution is 0.955. The molecule has 19 heavy (non-hydrogen) atoms. The van der Waals surface area contributed by atoms with Gasteiger partial charge in [0, 0.05) is 17.4 Å². The molecule has 1 aliphatic rings. The van der Waals surface area contributed by atoms with Gasteiger partial charge in [-0.3, -0.25) is 0 Å². The third kappa shape index (κ3) is 2.71. The number of aliphatic imine (C=N–C) groups is 1. The monoisotopic (exact) mass is 314 g/mol. The van der Waals surface area contributed by atoms with Crippen LogP contribution in [0.1, 0.15) is 12.8 Å². The lowest BCUT2D eigenvalue weighted by atomic mass is 10.3. The van der Waals surface area contributed by atoms with Crippen molar-refractivity contribution in [2.45, 2.75) is 12.8 Å². The molecule has 1 heterocycles. The number of nitrogens with zero attached hydrogens (tertiary/aromatic N) is 2. The fraction of sp³-hybridized carbons (Fsp3) is 0.188. The molecule has 0 radical (unpaired) electrons. The number of anilines is 1. The van der Waals surface area contributed by atoms with Crippen LogP contribution in [0, 0.1) is 0 Å². The highest BCUT2D eigenvalue weighted by Gasteiger charge is 2.21. The topological polar surface area (TPSA) is 15.6 Å². The Morgan fingerprint density at radius 2 is 1.68 bits per heavy atom. The predicted molar refractivity (Wildman–Crippen MR) is 84.3 cm³/mol. The Labute approximate surface area is 121 Å². The Morgan fingerprint density at radius 1 is 0.947 bits per heavy atom. The Balaban J connectivity index is 1.94. The zero-order valence-corrected chi connectivity index (χ0v) is 12.2. The summed E-state index contributed by atoms with van der Waals surface area (Å²) in [4.78, 5) is 7.08. The van der Waals surface area contributed by atoms with Gasteiger partial charge in [-0.2, -0.15) is 0 Å². The molecule has 1 saturated heterocycles. The lowest BCUT2D eigenvalue weighted by Gasteiger charge is -2.20. The Hall–Kier alpha value is -1.61. The lowest BCUT2D eigenvalue weighted by Crippen LogP contribution is -2.24. The van der Waals surface area contributed by atoms with E-state index in [0.717, 1.165) is 35.4 Å². The highest BCUT2D eigenvalue weighted by atomic mass is 79.9. The second kappa shape index (κ2) is 5.57. The minimum atomic E-state index is 1.02. The third-order valence-corrected chi connectivity index (χ3v) is 3.92. The number of para-hydroxylation sites is 2. The maximum atomic E-state index is 4.78. The highest BCUT2D eigenvalue weighted by Crippen LogP contribution is 2.30. The van der Waals surface area contributed by atoms with Gasteiger partial charge in [-0.05, 0) is 46.6 Å². The Bertz CT molecular complexity index is 593. The summed E-state index contributed by atoms with van der Waals surface area (Å²) in [7, 11) is 0. The zero-order chi connectivity index (χ0) is 13.1. The summed E-state index contributed by atoms with van der Waals surface area (Å²) in [5.41, 5.74) is 2.23. The molecular formula is C16H15BrN2. The van der Waals surface area contributed by atoms with Crippen LogP contribution in [0.25, 0.3) is 0 Å². The Kier molecular flexibility index (Phi) is 3.65. The number of hydrogen-bond donors (Lipinski definition) is 0. The summed E-state index contributed by atoms with van der Waals surface area (Å²) >= 11 is 3.62. The molecule has 0 unspecified atom stereocenters. The van der Waals surface area contributed by atoms with Crippen LogP contribution in [0.3, 0.4) is 0 Å². The molecule has 3 rings (SSSR count). The number of rotatable bonds is 2. The average molecular weight is 315 g/mol. The van der Waals surface area contributed by atoms with Gasteiger partial charge in [0.15, 0.2) is 0 Å². The van der Waals surface area contributed by atoms with Gasteiger partial charge in [0.05, 0.1) is 11.4 Å². The van der Waals surface area contributed by atoms with Crippen LogP contribution in [-0.4, -0.2) is 12.4 Å². The van der Waals surface area contributed by atoms with Crippen LogP contribution in [0.5, 0.6) is 0 Å². The predicted octanol–water partition coefficient (Wildman–Crippen LogP) is 4.78. The van der Waals surface area contributed by atoms with Gasteiger partial charge >= 0.3 is 0 Å². The van der Waals surface area contributed by atoms with E-state index in [9.17, 15) is 0 Å². The molecule has 0 bridgehead atoms.